The van der Waals surface area contributed by atoms with Gasteiger partial charge in [0.1, 0.15) is 11.5 Å². The summed E-state index contributed by atoms with van der Waals surface area (Å²) in [7, 11) is 0. The van der Waals surface area contributed by atoms with Gasteiger partial charge in [-0.3, -0.25) is 24.1 Å². The Balaban J connectivity index is 1.32. The third-order valence-electron chi connectivity index (χ3n) is 9.31. The van der Waals surface area contributed by atoms with E-state index in [1.807, 2.05) is 37.3 Å². The molecule has 2 aliphatic heterocycles. The van der Waals surface area contributed by atoms with Gasteiger partial charge < -0.3 is 9.84 Å². The fourth-order valence-corrected chi connectivity index (χ4v) is 7.31. The number of hydrogen-bond acceptors (Lipinski definition) is 6. The summed E-state index contributed by atoms with van der Waals surface area (Å²) >= 11 is 0. The number of allylic oxidation sites excluding steroid dienone is 7. The van der Waals surface area contributed by atoms with E-state index in [-0.39, 0.29) is 35.6 Å². The molecular formula is C34H29NO6. The van der Waals surface area contributed by atoms with Gasteiger partial charge in [-0.15, -0.1) is 0 Å². The van der Waals surface area contributed by atoms with E-state index in [1.165, 1.54) is 11.0 Å². The number of ketones is 2. The van der Waals surface area contributed by atoms with Crippen LogP contribution in [0.1, 0.15) is 37.8 Å². The molecule has 0 radical (unpaired) electrons. The van der Waals surface area contributed by atoms with E-state index in [4.69, 9.17) is 4.74 Å². The Hall–Kier alpha value is -4.52. The van der Waals surface area contributed by atoms with E-state index >= 15 is 0 Å². The monoisotopic (exact) mass is 547 g/mol. The van der Waals surface area contributed by atoms with Crippen molar-refractivity contribution in [2.75, 3.05) is 4.90 Å². The maximum Gasteiger partial charge on any atom is 0.238 e. The molecule has 0 spiro atoms. The summed E-state index contributed by atoms with van der Waals surface area (Å²) in [5.74, 6) is -2.25. The smallest absolute Gasteiger partial charge is 0.238 e. The van der Waals surface area contributed by atoms with Crippen molar-refractivity contribution < 1.29 is 29.0 Å². The maximum absolute atomic E-state index is 14.0. The molecule has 0 bridgehead atoms. The van der Waals surface area contributed by atoms with E-state index in [0.29, 0.717) is 41.0 Å². The van der Waals surface area contributed by atoms with Crippen molar-refractivity contribution in [1.29, 1.82) is 0 Å². The number of imide groups is 1. The number of carbonyl (C=O) groups excluding carboxylic acids is 4. The number of benzene rings is 2. The van der Waals surface area contributed by atoms with Crippen LogP contribution in [0, 0.1) is 23.7 Å². The number of nitrogens with zero attached hydrogens (tertiary/aromatic N) is 1. The summed E-state index contributed by atoms with van der Waals surface area (Å²) in [6.07, 6.45) is 6.92. The number of phenols is 1. The van der Waals surface area contributed by atoms with Crippen LogP contribution < -0.4 is 9.64 Å². The van der Waals surface area contributed by atoms with Crippen LogP contribution in [0.3, 0.4) is 0 Å². The third-order valence-corrected chi connectivity index (χ3v) is 9.31. The highest BCUT2D eigenvalue weighted by Gasteiger charge is 2.57. The third kappa shape index (κ3) is 3.79. The van der Waals surface area contributed by atoms with Crippen LogP contribution in [0.5, 0.6) is 11.5 Å². The van der Waals surface area contributed by atoms with Crippen molar-refractivity contribution in [3.63, 3.8) is 0 Å². The number of hydrogen-bond donors (Lipinski definition) is 1. The molecule has 2 heterocycles. The van der Waals surface area contributed by atoms with E-state index in [1.54, 1.807) is 31.4 Å². The zero-order chi connectivity index (χ0) is 28.6. The van der Waals surface area contributed by atoms with Crippen LogP contribution in [0.4, 0.5) is 5.69 Å². The molecule has 2 aromatic carbocycles. The van der Waals surface area contributed by atoms with Crippen LogP contribution >= 0.6 is 0 Å². The molecule has 0 aromatic heterocycles. The first-order chi connectivity index (χ1) is 19.8. The summed E-state index contributed by atoms with van der Waals surface area (Å²) in [6, 6.07) is 12.4. The lowest BCUT2D eigenvalue weighted by atomic mass is 9.58. The van der Waals surface area contributed by atoms with Gasteiger partial charge in [-0.1, -0.05) is 30.7 Å². The van der Waals surface area contributed by atoms with Crippen molar-refractivity contribution in [2.45, 2.75) is 39.5 Å². The standard InChI is InChI=1S/C34H29NO6/c1-3-18-4-6-21(7-5-18)35-33(39)24-10-9-23-25(30(24)34(35)40)15-26-27(37)12-17(2)32(38)31(26)29(23)20-13-19-14-22(36)8-11-28(19)41-16-20/h4-9,11-12,14,16,24-25,29-30,36H,3,10,13,15H2,1-2H3/t24-,25+,29-,30-/m0/s1. The molecule has 7 heteroatoms. The Kier molecular flexibility index (Phi) is 5.75. The molecule has 0 saturated carbocycles. The highest BCUT2D eigenvalue weighted by molar-refractivity contribution is 6.24. The van der Waals surface area contributed by atoms with Crippen molar-refractivity contribution in [3.05, 3.63) is 99.9 Å². The number of amides is 2. The van der Waals surface area contributed by atoms with Crippen molar-refractivity contribution in [3.8, 4) is 11.5 Å². The molecule has 41 heavy (non-hydrogen) atoms. The van der Waals surface area contributed by atoms with Crippen molar-refractivity contribution in [2.24, 2.45) is 23.7 Å². The van der Waals surface area contributed by atoms with Gasteiger partial charge in [0.05, 0.1) is 23.8 Å². The Morgan fingerprint density at radius 1 is 1.00 bits per heavy atom. The second-order valence-electron chi connectivity index (χ2n) is 11.5. The van der Waals surface area contributed by atoms with Crippen LogP contribution in [-0.4, -0.2) is 28.5 Å². The van der Waals surface area contributed by atoms with E-state index in [2.05, 4.69) is 0 Å². The SMILES string of the molecule is CCc1ccc(N2C(=O)[C@H]3[C@H](CC=C4[C@H](C5=COc6ccc(O)cc6C5)C5=C(C[C@H]43)C(=O)C=C(C)C5=O)C2=O)cc1. The van der Waals surface area contributed by atoms with Crippen molar-refractivity contribution >= 4 is 29.1 Å². The molecule has 7 rings (SSSR count). The maximum atomic E-state index is 14.0. The second kappa shape index (κ2) is 9.26. The van der Waals surface area contributed by atoms with Gasteiger partial charge in [0.2, 0.25) is 11.8 Å². The molecule has 206 valence electrons. The number of Topliss-reactive ketones (excluding diaryl/α,β-unsaturated/α-hetero) is 1. The second-order valence-corrected chi connectivity index (χ2v) is 11.5. The summed E-state index contributed by atoms with van der Waals surface area (Å²) in [5, 5.41) is 10.1. The molecule has 1 N–H and O–H groups in total. The molecule has 2 amide bonds. The molecule has 7 nitrogen and oxygen atoms in total. The predicted molar refractivity (Wildman–Crippen MR) is 151 cm³/mol. The van der Waals surface area contributed by atoms with Crippen LogP contribution in [0.25, 0.3) is 0 Å². The number of aryl methyl sites for hydroxylation is 1. The van der Waals surface area contributed by atoms with Crippen LogP contribution in [0.15, 0.2) is 88.7 Å². The number of ether oxygens (including phenoxy) is 1. The first-order valence-corrected chi connectivity index (χ1v) is 14.1. The first-order valence-electron chi connectivity index (χ1n) is 14.1. The average molecular weight is 548 g/mol. The Morgan fingerprint density at radius 2 is 1.78 bits per heavy atom. The van der Waals surface area contributed by atoms with Gasteiger partial charge in [0.25, 0.3) is 0 Å². The average Bonchev–Trinajstić information content (AvgIpc) is 3.24. The number of anilines is 1. The molecular weight excluding hydrogens is 518 g/mol. The normalized spacial score (nSPS) is 26.9. The van der Waals surface area contributed by atoms with Gasteiger partial charge in [0, 0.05) is 34.6 Å². The highest BCUT2D eigenvalue weighted by Crippen LogP contribution is 2.55. The minimum Gasteiger partial charge on any atom is -0.508 e. The lowest BCUT2D eigenvalue weighted by molar-refractivity contribution is -0.123. The van der Waals surface area contributed by atoms with E-state index in [0.717, 1.165) is 28.7 Å². The molecule has 4 atom stereocenters. The summed E-state index contributed by atoms with van der Waals surface area (Å²) in [4.78, 5) is 56.0. The Labute approximate surface area is 237 Å². The van der Waals surface area contributed by atoms with Gasteiger partial charge in [-0.2, -0.15) is 0 Å². The number of aromatic hydroxyl groups is 1. The van der Waals surface area contributed by atoms with E-state index < -0.39 is 23.7 Å². The summed E-state index contributed by atoms with van der Waals surface area (Å²) < 4.78 is 5.95. The van der Waals surface area contributed by atoms with Gasteiger partial charge in [0.15, 0.2) is 11.6 Å². The Morgan fingerprint density at radius 3 is 2.54 bits per heavy atom. The zero-order valence-corrected chi connectivity index (χ0v) is 22.8. The van der Waals surface area contributed by atoms with Gasteiger partial charge in [-0.05, 0) is 79.6 Å². The topological polar surface area (TPSA) is 101 Å². The molecule has 0 unspecified atom stereocenters. The van der Waals surface area contributed by atoms with Gasteiger partial charge >= 0.3 is 0 Å². The van der Waals surface area contributed by atoms with Crippen LogP contribution in [0.2, 0.25) is 0 Å². The highest BCUT2D eigenvalue weighted by atomic mass is 16.5. The van der Waals surface area contributed by atoms with E-state index in [9.17, 15) is 24.3 Å². The fraction of sp³-hybridized carbons (Fsp3) is 0.294. The number of rotatable bonds is 3. The fourth-order valence-electron chi connectivity index (χ4n) is 7.31. The van der Waals surface area contributed by atoms with Gasteiger partial charge in [-0.25, -0.2) is 0 Å². The lowest BCUT2D eigenvalue weighted by Gasteiger charge is -2.43. The molecule has 1 saturated heterocycles. The molecule has 2 aromatic rings. The van der Waals surface area contributed by atoms with Crippen LogP contribution in [-0.2, 0) is 32.0 Å². The zero-order valence-electron chi connectivity index (χ0n) is 22.8. The minimum absolute atomic E-state index is 0.111. The molecule has 3 aliphatic carbocycles. The van der Waals surface area contributed by atoms with Crippen molar-refractivity contribution in [1.82, 2.24) is 0 Å². The molecule has 1 fully saturated rings. The Bertz CT molecular complexity index is 1690. The lowest BCUT2D eigenvalue weighted by Crippen LogP contribution is -2.41. The molecule has 5 aliphatic rings. The first kappa shape index (κ1) is 25.4. The number of carbonyl (C=O) groups is 4. The largest absolute Gasteiger partial charge is 0.508 e. The quantitative estimate of drug-likeness (QED) is 0.332. The number of fused-ring (bicyclic) bond motifs is 4. The predicted octanol–water partition coefficient (Wildman–Crippen LogP) is 4.94. The summed E-state index contributed by atoms with van der Waals surface area (Å²) in [5.41, 5.74) is 5.37. The number of phenolic OH excluding ortho intramolecular Hbond substituents is 1. The summed E-state index contributed by atoms with van der Waals surface area (Å²) in [6.45, 7) is 3.70. The minimum atomic E-state index is -0.624.